The van der Waals surface area contributed by atoms with Crippen LogP contribution in [-0.4, -0.2) is 55.9 Å². The summed E-state index contributed by atoms with van der Waals surface area (Å²) in [6, 6.07) is 2.11. The summed E-state index contributed by atoms with van der Waals surface area (Å²) in [7, 11) is 0. The first kappa shape index (κ1) is 19.5. The van der Waals surface area contributed by atoms with Gasteiger partial charge in [0.15, 0.2) is 5.60 Å². The smallest absolute Gasteiger partial charge is 0.376 e. The van der Waals surface area contributed by atoms with Gasteiger partial charge >= 0.3 is 6.18 Å². The van der Waals surface area contributed by atoms with Crippen LogP contribution in [0.4, 0.5) is 23.4 Å². The second-order valence-corrected chi connectivity index (χ2v) is 7.07. The van der Waals surface area contributed by atoms with Crippen LogP contribution in [0.25, 0.3) is 17.0 Å². The Hall–Kier alpha value is -2.79. The first-order valence-electron chi connectivity index (χ1n) is 8.87. The summed E-state index contributed by atoms with van der Waals surface area (Å²) in [5.74, 6) is 0.340. The molecule has 7 nitrogen and oxygen atoms in total. The summed E-state index contributed by atoms with van der Waals surface area (Å²) >= 11 is 0. The van der Waals surface area contributed by atoms with E-state index in [0.29, 0.717) is 36.3 Å². The first-order chi connectivity index (χ1) is 13.7. The van der Waals surface area contributed by atoms with Crippen molar-refractivity contribution >= 4 is 11.5 Å². The molecule has 1 aliphatic rings. The van der Waals surface area contributed by atoms with Gasteiger partial charge in [-0.2, -0.15) is 13.2 Å². The summed E-state index contributed by atoms with van der Waals surface area (Å²) < 4.78 is 54.8. The predicted octanol–water partition coefficient (Wildman–Crippen LogP) is 2.28. The number of hydrogen-bond donors (Lipinski definition) is 3. The molecule has 3 aromatic heterocycles. The number of alkyl halides is 4. The zero-order chi connectivity index (χ0) is 20.8. The van der Waals surface area contributed by atoms with Gasteiger partial charge in [0, 0.05) is 24.8 Å². The lowest BCUT2D eigenvalue weighted by atomic mass is 9.97. The third-order valence-electron chi connectivity index (χ3n) is 4.99. The molecule has 3 atom stereocenters. The monoisotopic (exact) mass is 410 g/mol. The first-order valence-corrected chi connectivity index (χ1v) is 8.87. The predicted molar refractivity (Wildman–Crippen MR) is 97.0 cm³/mol. The van der Waals surface area contributed by atoms with Crippen LogP contribution in [0.3, 0.4) is 0 Å². The Bertz CT molecular complexity index is 1030. The lowest BCUT2D eigenvalue weighted by Gasteiger charge is -2.26. The number of anilines is 1. The number of fused-ring (bicyclic) bond motifs is 1. The van der Waals surface area contributed by atoms with Gasteiger partial charge in [-0.05, 0) is 13.0 Å². The number of pyridine rings is 1. The maximum Gasteiger partial charge on any atom is 0.421 e. The number of aromatic nitrogens is 4. The van der Waals surface area contributed by atoms with Crippen LogP contribution < -0.4 is 10.6 Å². The highest BCUT2D eigenvalue weighted by atomic mass is 19.4. The van der Waals surface area contributed by atoms with Crippen molar-refractivity contribution in [2.75, 3.05) is 18.4 Å². The van der Waals surface area contributed by atoms with Crippen molar-refractivity contribution in [3.8, 4) is 11.4 Å². The minimum Gasteiger partial charge on any atom is -0.376 e. The molecule has 4 heterocycles. The lowest BCUT2D eigenvalue weighted by Crippen LogP contribution is -2.39. The number of rotatable bonds is 4. The third kappa shape index (κ3) is 3.51. The van der Waals surface area contributed by atoms with E-state index >= 15 is 0 Å². The Balaban J connectivity index is 1.71. The largest absolute Gasteiger partial charge is 0.421 e. The normalized spacial score (nSPS) is 22.0. The van der Waals surface area contributed by atoms with E-state index in [1.54, 1.807) is 0 Å². The molecule has 29 heavy (non-hydrogen) atoms. The minimum absolute atomic E-state index is 0.250. The molecular weight excluding hydrogens is 392 g/mol. The van der Waals surface area contributed by atoms with Crippen LogP contribution in [-0.2, 0) is 5.60 Å². The van der Waals surface area contributed by atoms with E-state index in [2.05, 4.69) is 25.6 Å². The van der Waals surface area contributed by atoms with Gasteiger partial charge in [0.2, 0.25) is 0 Å². The molecule has 0 radical (unpaired) electrons. The second-order valence-electron chi connectivity index (χ2n) is 7.07. The molecule has 0 saturated carbocycles. The van der Waals surface area contributed by atoms with Gasteiger partial charge < -0.3 is 15.7 Å². The van der Waals surface area contributed by atoms with E-state index in [-0.39, 0.29) is 12.1 Å². The van der Waals surface area contributed by atoms with Crippen LogP contribution in [0.1, 0.15) is 12.5 Å². The fourth-order valence-corrected chi connectivity index (χ4v) is 3.16. The van der Waals surface area contributed by atoms with E-state index in [1.165, 1.54) is 41.3 Å². The van der Waals surface area contributed by atoms with Crippen LogP contribution in [0.5, 0.6) is 0 Å². The molecule has 4 rings (SSSR count). The SMILES string of the molecule is CC(O)(c1ccc2ncc(-c3cncc(N[C@H]4CNC[C@@H]4F)n3)n2c1)C(F)(F)F. The van der Waals surface area contributed by atoms with Gasteiger partial charge in [-0.1, -0.05) is 6.07 Å². The average Bonchev–Trinajstić information content (AvgIpc) is 3.27. The number of halogens is 4. The minimum atomic E-state index is -4.84. The van der Waals surface area contributed by atoms with E-state index < -0.39 is 24.0 Å². The second kappa shape index (κ2) is 6.92. The molecule has 154 valence electrons. The lowest BCUT2D eigenvalue weighted by molar-refractivity contribution is -0.259. The Morgan fingerprint density at radius 2 is 2.00 bits per heavy atom. The molecule has 0 aromatic carbocycles. The Morgan fingerprint density at radius 3 is 2.69 bits per heavy atom. The molecule has 1 unspecified atom stereocenters. The Kier molecular flexibility index (Phi) is 4.66. The number of aliphatic hydroxyl groups is 1. The zero-order valence-corrected chi connectivity index (χ0v) is 15.3. The van der Waals surface area contributed by atoms with Gasteiger partial charge in [-0.3, -0.25) is 9.38 Å². The molecule has 0 aliphatic carbocycles. The summed E-state index contributed by atoms with van der Waals surface area (Å²) in [5, 5.41) is 15.9. The van der Waals surface area contributed by atoms with Crippen LogP contribution in [0, 0.1) is 0 Å². The van der Waals surface area contributed by atoms with Gasteiger partial charge in [-0.15, -0.1) is 0 Å². The van der Waals surface area contributed by atoms with Crippen molar-refractivity contribution in [3.63, 3.8) is 0 Å². The van der Waals surface area contributed by atoms with Crippen molar-refractivity contribution in [2.45, 2.75) is 30.9 Å². The standard InChI is InChI=1S/C18H18F4N6O/c1-17(29,18(20,21)22)10-2-3-16-25-7-14(28(16)9-10)13-6-24-8-15(27-13)26-12-5-23-4-11(12)19/h2-3,6-9,11-12,23,29H,4-5H2,1H3,(H,26,27)/t11-,12-,17?/m0/s1. The fraction of sp³-hybridized carbons (Fsp3) is 0.389. The van der Waals surface area contributed by atoms with Crippen LogP contribution >= 0.6 is 0 Å². The van der Waals surface area contributed by atoms with Gasteiger partial charge in [0.05, 0.1) is 30.3 Å². The molecular formula is C18H18F4N6O. The van der Waals surface area contributed by atoms with E-state index in [4.69, 9.17) is 0 Å². The summed E-state index contributed by atoms with van der Waals surface area (Å²) in [4.78, 5) is 12.6. The van der Waals surface area contributed by atoms with Gasteiger partial charge in [0.25, 0.3) is 0 Å². The Morgan fingerprint density at radius 1 is 1.21 bits per heavy atom. The molecule has 3 N–H and O–H groups in total. The van der Waals surface area contributed by atoms with Crippen LogP contribution in [0.2, 0.25) is 0 Å². The van der Waals surface area contributed by atoms with E-state index in [0.717, 1.165) is 0 Å². The summed E-state index contributed by atoms with van der Waals surface area (Å²) in [6.07, 6.45) is -0.414. The van der Waals surface area contributed by atoms with Crippen LogP contribution in [0.15, 0.2) is 36.9 Å². The van der Waals surface area contributed by atoms with Gasteiger partial charge in [0.1, 0.15) is 23.3 Å². The Labute approximate surface area is 162 Å². The molecule has 1 fully saturated rings. The average molecular weight is 410 g/mol. The number of nitrogens with zero attached hydrogens (tertiary/aromatic N) is 4. The maximum absolute atomic E-state index is 13.8. The van der Waals surface area contributed by atoms with E-state index in [1.807, 2.05) is 0 Å². The number of imidazole rings is 1. The van der Waals surface area contributed by atoms with Crippen molar-refractivity contribution in [1.29, 1.82) is 0 Å². The molecule has 0 spiro atoms. The van der Waals surface area contributed by atoms with Crippen molar-refractivity contribution in [3.05, 3.63) is 42.5 Å². The summed E-state index contributed by atoms with van der Waals surface area (Å²) in [5.41, 5.74) is -2.25. The highest BCUT2D eigenvalue weighted by Crippen LogP contribution is 2.38. The zero-order valence-electron chi connectivity index (χ0n) is 15.3. The van der Waals surface area contributed by atoms with Crippen molar-refractivity contribution in [2.24, 2.45) is 0 Å². The quantitative estimate of drug-likeness (QED) is 0.572. The van der Waals surface area contributed by atoms with E-state index in [9.17, 15) is 22.7 Å². The van der Waals surface area contributed by atoms with Crippen molar-refractivity contribution in [1.82, 2.24) is 24.7 Å². The molecule has 1 saturated heterocycles. The molecule has 3 aromatic rings. The molecule has 1 aliphatic heterocycles. The highest BCUT2D eigenvalue weighted by Gasteiger charge is 2.51. The number of hydrogen-bond acceptors (Lipinski definition) is 6. The van der Waals surface area contributed by atoms with Crippen molar-refractivity contribution < 1.29 is 22.7 Å². The molecule has 11 heteroatoms. The highest BCUT2D eigenvalue weighted by molar-refractivity contribution is 5.61. The number of nitrogens with one attached hydrogen (secondary N) is 2. The summed E-state index contributed by atoms with van der Waals surface area (Å²) in [6.45, 7) is 1.39. The van der Waals surface area contributed by atoms with Gasteiger partial charge in [-0.25, -0.2) is 14.4 Å². The third-order valence-corrected chi connectivity index (χ3v) is 4.99. The molecule has 0 amide bonds. The molecule has 0 bridgehead atoms. The fourth-order valence-electron chi connectivity index (χ4n) is 3.16. The maximum atomic E-state index is 13.8. The topological polar surface area (TPSA) is 87.4 Å².